The van der Waals surface area contributed by atoms with Gasteiger partial charge in [-0.3, -0.25) is 5.21 Å². The number of anilines is 1. The molecule has 1 aromatic heterocycles. The van der Waals surface area contributed by atoms with Crippen molar-refractivity contribution in [1.82, 2.24) is 9.97 Å². The Morgan fingerprint density at radius 3 is 2.70 bits per heavy atom. The van der Waals surface area contributed by atoms with Crippen LogP contribution in [-0.4, -0.2) is 15.2 Å². The van der Waals surface area contributed by atoms with E-state index in [1.54, 1.807) is 11.5 Å². The maximum Gasteiger partial charge on any atom is 0.186 e. The second-order valence-electron chi connectivity index (χ2n) is 1.48. The van der Waals surface area contributed by atoms with E-state index >= 15 is 0 Å². The van der Waals surface area contributed by atoms with E-state index in [0.717, 1.165) is 0 Å². The summed E-state index contributed by atoms with van der Waals surface area (Å²) in [6, 6.07) is 1.75. The van der Waals surface area contributed by atoms with E-state index in [1.165, 1.54) is 12.4 Å². The molecular weight excluding hydrogens is 132 g/mol. The highest BCUT2D eigenvalue weighted by molar-refractivity contribution is 5.44. The first-order valence-corrected chi connectivity index (χ1v) is 2.49. The minimum absolute atomic E-state index is 0.0741. The highest BCUT2D eigenvalue weighted by atomic mass is 16.5. The Morgan fingerprint density at radius 1 is 1.50 bits per heavy atom. The molecule has 0 aliphatic heterocycles. The third-order valence-corrected chi connectivity index (χ3v) is 0.910. The molecule has 10 heavy (non-hydrogen) atoms. The Kier molecular flexibility index (Phi) is 1.78. The van der Waals surface area contributed by atoms with Crippen LogP contribution in [0, 0.1) is 11.3 Å². The van der Waals surface area contributed by atoms with Gasteiger partial charge in [0.1, 0.15) is 6.07 Å². The molecule has 2 N–H and O–H groups in total. The largest absolute Gasteiger partial charge is 0.290 e. The first-order chi connectivity index (χ1) is 4.88. The Morgan fingerprint density at radius 2 is 2.20 bits per heavy atom. The highest BCUT2D eigenvalue weighted by Gasteiger charge is 1.99. The lowest BCUT2D eigenvalue weighted by molar-refractivity contribution is 0.385. The molecule has 0 spiro atoms. The van der Waals surface area contributed by atoms with Gasteiger partial charge in [0.25, 0.3) is 0 Å². The second-order valence-corrected chi connectivity index (χ2v) is 1.48. The van der Waals surface area contributed by atoms with Crippen molar-refractivity contribution in [1.29, 1.82) is 5.26 Å². The quantitative estimate of drug-likeness (QED) is 0.537. The Balaban J connectivity index is 3.12. The molecule has 1 aromatic rings. The zero-order valence-corrected chi connectivity index (χ0v) is 4.94. The summed E-state index contributed by atoms with van der Waals surface area (Å²) in [5, 5.41) is 16.7. The van der Waals surface area contributed by atoms with Crippen LogP contribution in [0.1, 0.15) is 5.69 Å². The molecule has 0 aromatic carbocycles. The smallest absolute Gasteiger partial charge is 0.186 e. The minimum atomic E-state index is 0.0741. The molecular formula is C5H4N4O. The first-order valence-electron chi connectivity index (χ1n) is 2.49. The van der Waals surface area contributed by atoms with Crippen LogP contribution < -0.4 is 5.48 Å². The average molecular weight is 136 g/mol. The van der Waals surface area contributed by atoms with E-state index in [2.05, 4.69) is 9.97 Å². The topological polar surface area (TPSA) is 81.8 Å². The lowest BCUT2D eigenvalue weighted by Crippen LogP contribution is -1.97. The lowest BCUT2D eigenvalue weighted by atomic mass is 10.4. The third kappa shape index (κ3) is 1.01. The number of aromatic nitrogens is 2. The summed E-state index contributed by atoms with van der Waals surface area (Å²) < 4.78 is 0. The van der Waals surface area contributed by atoms with Crippen LogP contribution >= 0.6 is 0 Å². The van der Waals surface area contributed by atoms with E-state index in [9.17, 15) is 0 Å². The maximum absolute atomic E-state index is 8.35. The predicted octanol–water partition coefficient (Wildman–Crippen LogP) is 0.149. The first kappa shape index (κ1) is 6.45. The Hall–Kier alpha value is -1.67. The molecule has 0 aliphatic rings. The van der Waals surface area contributed by atoms with Gasteiger partial charge >= 0.3 is 0 Å². The van der Waals surface area contributed by atoms with Crippen molar-refractivity contribution in [2.45, 2.75) is 0 Å². The van der Waals surface area contributed by atoms with E-state index in [1.807, 2.05) is 0 Å². The van der Waals surface area contributed by atoms with Gasteiger partial charge in [-0.05, 0) is 0 Å². The molecule has 5 heteroatoms. The molecule has 50 valence electrons. The molecule has 0 unspecified atom stereocenters. The van der Waals surface area contributed by atoms with Crippen molar-refractivity contribution in [3.8, 4) is 6.07 Å². The van der Waals surface area contributed by atoms with Crippen molar-refractivity contribution in [2.24, 2.45) is 0 Å². The van der Waals surface area contributed by atoms with E-state index in [4.69, 9.17) is 10.5 Å². The molecule has 0 radical (unpaired) electrons. The van der Waals surface area contributed by atoms with E-state index in [0.29, 0.717) is 0 Å². The summed E-state index contributed by atoms with van der Waals surface area (Å²) in [5.41, 5.74) is 1.82. The highest BCUT2D eigenvalue weighted by Crippen LogP contribution is 2.03. The fourth-order valence-electron chi connectivity index (χ4n) is 0.502. The van der Waals surface area contributed by atoms with Crippen molar-refractivity contribution in [3.05, 3.63) is 18.1 Å². The van der Waals surface area contributed by atoms with Crippen molar-refractivity contribution >= 4 is 5.82 Å². The van der Waals surface area contributed by atoms with Crippen LogP contribution in [0.3, 0.4) is 0 Å². The second kappa shape index (κ2) is 2.75. The van der Waals surface area contributed by atoms with Gasteiger partial charge in [-0.2, -0.15) is 5.26 Å². The molecule has 1 heterocycles. The zero-order valence-electron chi connectivity index (χ0n) is 4.94. The van der Waals surface area contributed by atoms with Gasteiger partial charge in [-0.25, -0.2) is 15.4 Å². The molecule has 1 rings (SSSR count). The van der Waals surface area contributed by atoms with Gasteiger partial charge < -0.3 is 0 Å². The average Bonchev–Trinajstić information content (AvgIpc) is 2.04. The summed E-state index contributed by atoms with van der Waals surface area (Å²) in [7, 11) is 0. The standard InChI is InChI=1S/C5H4N4O/c6-3-4-5(9-10)8-2-1-7-4/h1-2,10H,(H,8,9). The predicted molar refractivity (Wildman–Crippen MR) is 32.2 cm³/mol. The van der Waals surface area contributed by atoms with E-state index in [-0.39, 0.29) is 11.5 Å². The monoisotopic (exact) mass is 136 g/mol. The van der Waals surface area contributed by atoms with Gasteiger partial charge in [0.05, 0.1) is 0 Å². The van der Waals surface area contributed by atoms with Crippen LogP contribution in [0.5, 0.6) is 0 Å². The van der Waals surface area contributed by atoms with E-state index < -0.39 is 0 Å². The molecule has 0 fully saturated rings. The Labute approximate surface area is 56.9 Å². The van der Waals surface area contributed by atoms with Crippen molar-refractivity contribution < 1.29 is 5.21 Å². The molecule has 0 atom stereocenters. The van der Waals surface area contributed by atoms with Gasteiger partial charge in [-0.15, -0.1) is 0 Å². The van der Waals surface area contributed by atoms with Crippen LogP contribution in [0.25, 0.3) is 0 Å². The summed E-state index contributed by atoms with van der Waals surface area (Å²) >= 11 is 0. The van der Waals surface area contributed by atoms with Crippen LogP contribution in [-0.2, 0) is 0 Å². The molecule has 0 amide bonds. The molecule has 5 nitrogen and oxygen atoms in total. The van der Waals surface area contributed by atoms with Gasteiger partial charge in [0.15, 0.2) is 11.5 Å². The fraction of sp³-hybridized carbons (Fsp3) is 0. The van der Waals surface area contributed by atoms with Crippen molar-refractivity contribution in [3.63, 3.8) is 0 Å². The molecule has 0 saturated heterocycles. The summed E-state index contributed by atoms with van der Waals surface area (Å²) in [6.07, 6.45) is 2.75. The maximum atomic E-state index is 8.35. The summed E-state index contributed by atoms with van der Waals surface area (Å²) in [6.45, 7) is 0. The van der Waals surface area contributed by atoms with Crippen LogP contribution in [0.2, 0.25) is 0 Å². The number of hydrogen-bond acceptors (Lipinski definition) is 5. The number of nitriles is 1. The normalized spacial score (nSPS) is 8.40. The number of hydrogen-bond donors (Lipinski definition) is 2. The SMILES string of the molecule is N#Cc1nccnc1NO. The summed E-state index contributed by atoms with van der Waals surface area (Å²) in [4.78, 5) is 7.24. The van der Waals surface area contributed by atoms with Gasteiger partial charge in [0.2, 0.25) is 0 Å². The molecule has 0 saturated carbocycles. The fourth-order valence-corrected chi connectivity index (χ4v) is 0.502. The minimum Gasteiger partial charge on any atom is -0.290 e. The number of nitrogens with one attached hydrogen (secondary N) is 1. The van der Waals surface area contributed by atoms with Crippen LogP contribution in [0.15, 0.2) is 12.4 Å². The number of rotatable bonds is 1. The van der Waals surface area contributed by atoms with Crippen LogP contribution in [0.4, 0.5) is 5.82 Å². The van der Waals surface area contributed by atoms with Gasteiger partial charge in [-0.1, -0.05) is 0 Å². The lowest BCUT2D eigenvalue weighted by Gasteiger charge is -1.95. The van der Waals surface area contributed by atoms with Crippen molar-refractivity contribution in [2.75, 3.05) is 5.48 Å². The summed E-state index contributed by atoms with van der Waals surface area (Å²) in [5.74, 6) is 0.0741. The molecule has 0 aliphatic carbocycles. The zero-order chi connectivity index (χ0) is 7.40. The number of nitrogens with zero attached hydrogens (tertiary/aromatic N) is 3. The molecule has 0 bridgehead atoms. The Bertz CT molecular complexity index is 267. The third-order valence-electron chi connectivity index (χ3n) is 0.910. The van der Waals surface area contributed by atoms with Gasteiger partial charge in [0, 0.05) is 12.4 Å².